The molecule has 4 rings (SSSR count). The van der Waals surface area contributed by atoms with Crippen molar-refractivity contribution in [3.8, 4) is 28.3 Å². The Hall–Kier alpha value is -3.34. The average molecular weight is 305 g/mol. The number of phenols is 1. The molecule has 0 bridgehead atoms. The SMILES string of the molecule is O=c1c(-c2cc(-c3ccccc3O)no2)coc2ccccc12. The number of aromatic nitrogens is 1. The lowest BCUT2D eigenvalue weighted by Gasteiger charge is -1.98. The van der Waals surface area contributed by atoms with Crippen molar-refractivity contribution in [1.29, 1.82) is 0 Å². The number of hydrogen-bond donors (Lipinski definition) is 1. The van der Waals surface area contributed by atoms with E-state index >= 15 is 0 Å². The Labute approximate surface area is 130 Å². The van der Waals surface area contributed by atoms with Crippen molar-refractivity contribution < 1.29 is 14.0 Å². The largest absolute Gasteiger partial charge is 0.507 e. The molecule has 0 amide bonds. The summed E-state index contributed by atoms with van der Waals surface area (Å²) in [5.41, 5.74) is 1.60. The molecule has 0 aliphatic carbocycles. The molecule has 0 aliphatic rings. The minimum absolute atomic E-state index is 0.0953. The van der Waals surface area contributed by atoms with Gasteiger partial charge >= 0.3 is 0 Å². The molecule has 112 valence electrons. The molecule has 4 aromatic rings. The molecule has 5 nitrogen and oxygen atoms in total. The van der Waals surface area contributed by atoms with Crippen LogP contribution in [0.3, 0.4) is 0 Å². The van der Waals surface area contributed by atoms with E-state index in [1.807, 2.05) is 0 Å². The lowest BCUT2D eigenvalue weighted by Crippen LogP contribution is -2.03. The molecule has 0 fully saturated rings. The Balaban J connectivity index is 1.85. The zero-order valence-electron chi connectivity index (χ0n) is 11.9. The van der Waals surface area contributed by atoms with Crippen LogP contribution in [0.15, 0.2) is 74.6 Å². The van der Waals surface area contributed by atoms with Gasteiger partial charge in [0.15, 0.2) is 5.76 Å². The first-order valence-electron chi connectivity index (χ1n) is 7.00. The summed E-state index contributed by atoms with van der Waals surface area (Å²) in [5.74, 6) is 0.389. The Bertz CT molecular complexity index is 1060. The first kappa shape index (κ1) is 13.3. The molecule has 0 spiro atoms. The number of rotatable bonds is 2. The van der Waals surface area contributed by atoms with Crippen LogP contribution >= 0.6 is 0 Å². The van der Waals surface area contributed by atoms with Crippen molar-refractivity contribution in [3.63, 3.8) is 0 Å². The second-order valence-electron chi connectivity index (χ2n) is 5.07. The van der Waals surface area contributed by atoms with Crippen LogP contribution in [0, 0.1) is 0 Å². The molecule has 0 unspecified atom stereocenters. The lowest BCUT2D eigenvalue weighted by molar-refractivity contribution is 0.431. The molecule has 0 atom stereocenters. The number of benzene rings is 2. The van der Waals surface area contributed by atoms with Crippen LogP contribution in [0.2, 0.25) is 0 Å². The van der Waals surface area contributed by atoms with Gasteiger partial charge in [0.05, 0.1) is 5.39 Å². The number of aromatic hydroxyl groups is 1. The summed E-state index contributed by atoms with van der Waals surface area (Å²) in [7, 11) is 0. The van der Waals surface area contributed by atoms with Crippen LogP contribution < -0.4 is 5.43 Å². The lowest BCUT2D eigenvalue weighted by atomic mass is 10.1. The highest BCUT2D eigenvalue weighted by Crippen LogP contribution is 2.30. The second-order valence-corrected chi connectivity index (χ2v) is 5.07. The van der Waals surface area contributed by atoms with E-state index in [9.17, 15) is 9.90 Å². The third-order valence-corrected chi connectivity index (χ3v) is 3.64. The van der Waals surface area contributed by atoms with E-state index in [1.54, 1.807) is 54.6 Å². The van der Waals surface area contributed by atoms with Crippen molar-refractivity contribution in [2.24, 2.45) is 0 Å². The molecular formula is C18H11NO4. The minimum Gasteiger partial charge on any atom is -0.507 e. The van der Waals surface area contributed by atoms with E-state index in [0.29, 0.717) is 28.0 Å². The number of fused-ring (bicyclic) bond motifs is 1. The maximum atomic E-state index is 12.5. The van der Waals surface area contributed by atoms with Gasteiger partial charge in [-0.2, -0.15) is 0 Å². The van der Waals surface area contributed by atoms with Crippen molar-refractivity contribution in [3.05, 3.63) is 71.1 Å². The third kappa shape index (κ3) is 2.19. The highest BCUT2D eigenvalue weighted by molar-refractivity contribution is 5.81. The fraction of sp³-hybridized carbons (Fsp3) is 0. The van der Waals surface area contributed by atoms with Crippen LogP contribution in [0.1, 0.15) is 0 Å². The van der Waals surface area contributed by atoms with Gasteiger partial charge < -0.3 is 14.0 Å². The van der Waals surface area contributed by atoms with Crippen molar-refractivity contribution in [2.45, 2.75) is 0 Å². The normalized spacial score (nSPS) is 11.0. The van der Waals surface area contributed by atoms with Gasteiger partial charge in [-0.1, -0.05) is 29.4 Å². The van der Waals surface area contributed by atoms with E-state index in [-0.39, 0.29) is 16.7 Å². The van der Waals surface area contributed by atoms with Crippen LogP contribution in [0.5, 0.6) is 5.75 Å². The molecule has 1 N–H and O–H groups in total. The van der Waals surface area contributed by atoms with E-state index in [1.165, 1.54) is 6.26 Å². The first-order valence-corrected chi connectivity index (χ1v) is 7.00. The van der Waals surface area contributed by atoms with Gasteiger partial charge in [0.1, 0.15) is 28.9 Å². The number of hydrogen-bond acceptors (Lipinski definition) is 5. The highest BCUT2D eigenvalue weighted by Gasteiger charge is 2.15. The quantitative estimate of drug-likeness (QED) is 0.609. The maximum absolute atomic E-state index is 12.5. The Morgan fingerprint density at radius 2 is 1.74 bits per heavy atom. The Morgan fingerprint density at radius 3 is 2.61 bits per heavy atom. The standard InChI is InChI=1S/C18H11NO4/c20-15-7-3-1-5-11(15)14-9-17(23-19-14)13-10-22-16-8-4-2-6-12(16)18(13)21/h1-10,20H. The number of nitrogens with zero attached hydrogens (tertiary/aromatic N) is 1. The van der Waals surface area contributed by atoms with Crippen LogP contribution in [0.25, 0.3) is 33.6 Å². The molecule has 0 saturated heterocycles. The molecule has 0 saturated carbocycles. The van der Waals surface area contributed by atoms with Gasteiger partial charge in [0.2, 0.25) is 5.43 Å². The Kier molecular flexibility index (Phi) is 2.98. The predicted octanol–water partition coefficient (Wildman–Crippen LogP) is 3.82. The van der Waals surface area contributed by atoms with Gasteiger partial charge in [0.25, 0.3) is 0 Å². The van der Waals surface area contributed by atoms with Crippen molar-refractivity contribution >= 4 is 11.0 Å². The summed E-state index contributed by atoms with van der Waals surface area (Å²) in [6.45, 7) is 0. The second kappa shape index (κ2) is 5.14. The Morgan fingerprint density at radius 1 is 0.957 bits per heavy atom. The van der Waals surface area contributed by atoms with Crippen molar-refractivity contribution in [2.75, 3.05) is 0 Å². The van der Waals surface area contributed by atoms with Gasteiger partial charge in [-0.15, -0.1) is 0 Å². The summed E-state index contributed by atoms with van der Waals surface area (Å²) < 4.78 is 10.7. The van der Waals surface area contributed by atoms with Crippen LogP contribution in [0.4, 0.5) is 0 Å². The maximum Gasteiger partial charge on any atom is 0.203 e. The minimum atomic E-state index is -0.188. The van der Waals surface area contributed by atoms with E-state index in [2.05, 4.69) is 5.16 Å². The molecule has 2 aromatic heterocycles. The first-order chi connectivity index (χ1) is 11.2. The monoisotopic (exact) mass is 305 g/mol. The van der Waals surface area contributed by atoms with Gasteiger partial charge in [0, 0.05) is 11.6 Å². The van der Waals surface area contributed by atoms with Gasteiger partial charge in [-0.25, -0.2) is 0 Å². The summed E-state index contributed by atoms with van der Waals surface area (Å²) >= 11 is 0. The summed E-state index contributed by atoms with van der Waals surface area (Å²) in [5, 5.41) is 14.3. The smallest absolute Gasteiger partial charge is 0.203 e. The molecular weight excluding hydrogens is 294 g/mol. The fourth-order valence-corrected chi connectivity index (χ4v) is 2.47. The topological polar surface area (TPSA) is 76.5 Å². The summed E-state index contributed by atoms with van der Waals surface area (Å²) in [6.07, 6.45) is 1.36. The molecule has 23 heavy (non-hydrogen) atoms. The fourth-order valence-electron chi connectivity index (χ4n) is 2.47. The summed E-state index contributed by atoms with van der Waals surface area (Å²) in [6, 6.07) is 15.4. The molecule has 5 heteroatoms. The molecule has 2 aromatic carbocycles. The van der Waals surface area contributed by atoms with Gasteiger partial charge in [-0.3, -0.25) is 4.79 Å². The van der Waals surface area contributed by atoms with Crippen molar-refractivity contribution in [1.82, 2.24) is 5.16 Å². The highest BCUT2D eigenvalue weighted by atomic mass is 16.5. The zero-order chi connectivity index (χ0) is 15.8. The van der Waals surface area contributed by atoms with E-state index < -0.39 is 0 Å². The molecule has 0 aliphatic heterocycles. The van der Waals surface area contributed by atoms with Crippen LogP contribution in [-0.4, -0.2) is 10.3 Å². The number of phenolic OH excluding ortho intramolecular Hbond substituents is 1. The zero-order valence-corrected chi connectivity index (χ0v) is 11.9. The third-order valence-electron chi connectivity index (χ3n) is 3.64. The summed E-state index contributed by atoms with van der Waals surface area (Å²) in [4.78, 5) is 12.5. The number of para-hydroxylation sites is 2. The molecule has 2 heterocycles. The molecule has 0 radical (unpaired) electrons. The van der Waals surface area contributed by atoms with Crippen LogP contribution in [-0.2, 0) is 0 Å². The van der Waals surface area contributed by atoms with E-state index in [4.69, 9.17) is 8.94 Å². The van der Waals surface area contributed by atoms with E-state index in [0.717, 1.165) is 0 Å². The predicted molar refractivity (Wildman–Crippen MR) is 85.1 cm³/mol. The average Bonchev–Trinajstić information content (AvgIpc) is 3.05. The van der Waals surface area contributed by atoms with Gasteiger partial charge in [-0.05, 0) is 24.3 Å².